The maximum atomic E-state index is 11.7. The number of nitrogens with one attached hydrogen (secondary N) is 1. The molecule has 1 fully saturated rings. The first kappa shape index (κ1) is 13.4. The summed E-state index contributed by atoms with van der Waals surface area (Å²) in [7, 11) is 0. The van der Waals surface area contributed by atoms with Crippen molar-refractivity contribution in [3.63, 3.8) is 0 Å². The lowest BCUT2D eigenvalue weighted by Gasteiger charge is -2.26. The van der Waals surface area contributed by atoms with Crippen LogP contribution in [0.15, 0.2) is 21.9 Å². The molecule has 0 aromatic carbocycles. The zero-order valence-electron chi connectivity index (χ0n) is 9.55. The van der Waals surface area contributed by atoms with Gasteiger partial charge in [0.2, 0.25) is 0 Å². The average Bonchev–Trinajstić information content (AvgIpc) is 2.64. The number of nitriles is 1. The van der Waals surface area contributed by atoms with Gasteiger partial charge in [-0.25, -0.2) is 4.79 Å². The summed E-state index contributed by atoms with van der Waals surface area (Å²) in [5.41, 5.74) is -3.85. The van der Waals surface area contributed by atoms with E-state index < -0.39 is 41.9 Å². The van der Waals surface area contributed by atoms with Gasteiger partial charge >= 0.3 is 5.69 Å². The number of ether oxygens (including phenoxy) is 1. The number of aromatic amines is 1. The van der Waals surface area contributed by atoms with Crippen LogP contribution in [0.3, 0.4) is 0 Å². The van der Waals surface area contributed by atoms with Gasteiger partial charge in [-0.05, 0) is 0 Å². The van der Waals surface area contributed by atoms with Crippen LogP contribution >= 0.6 is 0 Å². The zero-order valence-corrected chi connectivity index (χ0v) is 9.55. The van der Waals surface area contributed by atoms with Crippen molar-refractivity contribution in [3.05, 3.63) is 33.1 Å². The molecule has 1 aromatic heterocycles. The van der Waals surface area contributed by atoms with Crippen molar-refractivity contribution in [1.82, 2.24) is 9.55 Å². The van der Waals surface area contributed by atoms with E-state index in [1.807, 2.05) is 4.98 Å². The van der Waals surface area contributed by atoms with Crippen molar-refractivity contribution in [3.8, 4) is 6.07 Å². The molecule has 1 unspecified atom stereocenters. The third-order valence-electron chi connectivity index (χ3n) is 2.96. The van der Waals surface area contributed by atoms with Crippen LogP contribution in [0.5, 0.6) is 0 Å². The Labute approximate surface area is 105 Å². The predicted octanol–water partition coefficient (Wildman–Crippen LogP) is -3.17. The summed E-state index contributed by atoms with van der Waals surface area (Å²) in [5, 5.41) is 37.7. The van der Waals surface area contributed by atoms with Gasteiger partial charge < -0.3 is 20.1 Å². The molecular formula is C10H11N3O6. The highest BCUT2D eigenvalue weighted by Gasteiger charge is 2.56. The molecule has 2 rings (SSSR count). The van der Waals surface area contributed by atoms with Gasteiger partial charge in [0.25, 0.3) is 11.3 Å². The Morgan fingerprint density at radius 1 is 1.53 bits per heavy atom. The van der Waals surface area contributed by atoms with E-state index in [1.54, 1.807) is 6.07 Å². The summed E-state index contributed by atoms with van der Waals surface area (Å²) in [6.07, 6.45) is -3.53. The fourth-order valence-corrected chi connectivity index (χ4v) is 1.97. The highest BCUT2D eigenvalue weighted by Crippen LogP contribution is 2.33. The first-order valence-electron chi connectivity index (χ1n) is 5.35. The van der Waals surface area contributed by atoms with Crippen LogP contribution < -0.4 is 11.2 Å². The van der Waals surface area contributed by atoms with Crippen LogP contribution in [0.2, 0.25) is 0 Å². The van der Waals surface area contributed by atoms with Gasteiger partial charge in [-0.1, -0.05) is 0 Å². The van der Waals surface area contributed by atoms with E-state index in [9.17, 15) is 25.1 Å². The van der Waals surface area contributed by atoms with Gasteiger partial charge in [-0.2, -0.15) is 5.26 Å². The first-order chi connectivity index (χ1) is 8.96. The monoisotopic (exact) mass is 269 g/mol. The molecule has 2 heterocycles. The molecule has 0 amide bonds. The second-order valence-corrected chi connectivity index (χ2v) is 4.06. The van der Waals surface area contributed by atoms with Crippen molar-refractivity contribution in [1.29, 1.82) is 5.26 Å². The lowest BCUT2D eigenvalue weighted by molar-refractivity contribution is -0.109. The SMILES string of the molecule is N#C[C@@]1(n2ccc(=O)[nH]c2=O)O[C@H](CO)[C@H](O)C1O. The molecular weight excluding hydrogens is 258 g/mol. The van der Waals surface area contributed by atoms with Crippen LogP contribution in [0.4, 0.5) is 0 Å². The lowest BCUT2D eigenvalue weighted by Crippen LogP contribution is -2.50. The topological polar surface area (TPSA) is 149 Å². The molecule has 0 bridgehead atoms. The minimum Gasteiger partial charge on any atom is -0.394 e. The molecule has 0 aliphatic carbocycles. The molecule has 9 heteroatoms. The summed E-state index contributed by atoms with van der Waals surface area (Å²) in [4.78, 5) is 24.5. The molecule has 0 saturated carbocycles. The van der Waals surface area contributed by atoms with Gasteiger partial charge in [0.1, 0.15) is 24.4 Å². The Balaban J connectivity index is 2.59. The van der Waals surface area contributed by atoms with Crippen LogP contribution in [0.25, 0.3) is 0 Å². The van der Waals surface area contributed by atoms with Crippen molar-refractivity contribution < 1.29 is 20.1 Å². The lowest BCUT2D eigenvalue weighted by atomic mass is 10.0. The second-order valence-electron chi connectivity index (χ2n) is 4.06. The number of aromatic nitrogens is 2. The molecule has 19 heavy (non-hydrogen) atoms. The van der Waals surface area contributed by atoms with Crippen LogP contribution in [-0.4, -0.2) is 49.8 Å². The fraction of sp³-hybridized carbons (Fsp3) is 0.500. The number of aliphatic hydroxyl groups excluding tert-OH is 3. The Morgan fingerprint density at radius 2 is 2.21 bits per heavy atom. The maximum absolute atomic E-state index is 11.7. The maximum Gasteiger partial charge on any atom is 0.331 e. The van der Waals surface area contributed by atoms with E-state index in [4.69, 9.17) is 9.84 Å². The number of rotatable bonds is 2. The largest absolute Gasteiger partial charge is 0.394 e. The van der Waals surface area contributed by atoms with Crippen LogP contribution in [-0.2, 0) is 10.5 Å². The van der Waals surface area contributed by atoms with E-state index in [1.165, 1.54) is 0 Å². The molecule has 1 aromatic rings. The second kappa shape index (κ2) is 4.60. The Hall–Kier alpha value is -1.99. The third kappa shape index (κ3) is 1.87. The first-order valence-corrected chi connectivity index (χ1v) is 5.35. The summed E-state index contributed by atoms with van der Waals surface area (Å²) >= 11 is 0. The normalized spacial score (nSPS) is 34.1. The highest BCUT2D eigenvalue weighted by molar-refractivity contribution is 5.12. The van der Waals surface area contributed by atoms with E-state index in [0.717, 1.165) is 12.3 Å². The van der Waals surface area contributed by atoms with E-state index in [-0.39, 0.29) is 0 Å². The molecule has 0 spiro atoms. The molecule has 1 aliphatic heterocycles. The van der Waals surface area contributed by atoms with Crippen molar-refractivity contribution in [2.45, 2.75) is 24.0 Å². The van der Waals surface area contributed by atoms with E-state index >= 15 is 0 Å². The molecule has 4 atom stereocenters. The van der Waals surface area contributed by atoms with Crippen molar-refractivity contribution in [2.75, 3.05) is 6.61 Å². The smallest absolute Gasteiger partial charge is 0.331 e. The summed E-state index contributed by atoms with van der Waals surface area (Å²) in [6.45, 7) is -0.639. The van der Waals surface area contributed by atoms with Crippen LogP contribution in [0.1, 0.15) is 0 Å². The summed E-state index contributed by atoms with van der Waals surface area (Å²) in [6, 6.07) is 2.56. The van der Waals surface area contributed by atoms with Crippen molar-refractivity contribution in [2.24, 2.45) is 0 Å². The van der Waals surface area contributed by atoms with Gasteiger partial charge in [0.15, 0.2) is 0 Å². The van der Waals surface area contributed by atoms with Gasteiger partial charge in [0, 0.05) is 12.3 Å². The number of H-pyrrole nitrogens is 1. The summed E-state index contributed by atoms with van der Waals surface area (Å²) < 4.78 is 5.77. The van der Waals surface area contributed by atoms with Crippen LogP contribution in [0, 0.1) is 11.3 Å². The van der Waals surface area contributed by atoms with E-state index in [2.05, 4.69) is 0 Å². The predicted molar refractivity (Wildman–Crippen MR) is 58.9 cm³/mol. The zero-order chi connectivity index (χ0) is 14.2. The fourth-order valence-electron chi connectivity index (χ4n) is 1.97. The van der Waals surface area contributed by atoms with Crippen molar-refractivity contribution >= 4 is 0 Å². The number of hydrogen-bond acceptors (Lipinski definition) is 7. The Bertz CT molecular complexity index is 631. The molecule has 4 N–H and O–H groups in total. The molecule has 102 valence electrons. The van der Waals surface area contributed by atoms with E-state index in [0.29, 0.717) is 4.57 Å². The highest BCUT2D eigenvalue weighted by atomic mass is 16.6. The van der Waals surface area contributed by atoms with Gasteiger partial charge in [-0.3, -0.25) is 14.3 Å². The molecule has 0 radical (unpaired) electrons. The quantitative estimate of drug-likeness (QED) is 0.442. The minimum atomic E-state index is -2.20. The molecule has 1 saturated heterocycles. The minimum absolute atomic E-state index is 0.639. The standard InChI is InChI=1S/C10H11N3O6/c11-4-10(8(17)7(16)5(3-14)19-10)13-2-1-6(15)12-9(13)18/h1-2,5,7-8,14,16-17H,3H2,(H,12,15,18)/t5-,7+,8?,10-/m1/s1. The van der Waals surface area contributed by atoms with Gasteiger partial charge in [-0.15, -0.1) is 0 Å². The summed E-state index contributed by atoms with van der Waals surface area (Å²) in [5.74, 6) is 0. The number of nitrogens with zero attached hydrogens (tertiary/aromatic N) is 2. The number of aliphatic hydroxyl groups is 3. The number of hydrogen-bond donors (Lipinski definition) is 4. The molecule has 9 nitrogen and oxygen atoms in total. The Morgan fingerprint density at radius 3 is 2.68 bits per heavy atom. The van der Waals surface area contributed by atoms with Gasteiger partial charge in [0.05, 0.1) is 6.61 Å². The Kier molecular flexibility index (Phi) is 3.25. The third-order valence-corrected chi connectivity index (χ3v) is 2.96. The molecule has 1 aliphatic rings. The average molecular weight is 269 g/mol.